The van der Waals surface area contributed by atoms with Gasteiger partial charge in [0.2, 0.25) is 0 Å². The molecule has 0 aromatic heterocycles. The predicted octanol–water partition coefficient (Wildman–Crippen LogP) is -0.326. The Bertz CT molecular complexity index is 48.8. The zero-order chi connectivity index (χ0) is 3.54. The number of hydrogen-bond donors (Lipinski definition) is 0. The summed E-state index contributed by atoms with van der Waals surface area (Å²) in [6.45, 7) is 0. The summed E-state index contributed by atoms with van der Waals surface area (Å²) >= 11 is -0.239. The topological polar surface area (TPSA) is 43.9 Å². The summed E-state index contributed by atoms with van der Waals surface area (Å²) < 4.78 is 5.62. The van der Waals surface area contributed by atoms with E-state index in [0.29, 0.717) is 0 Å². The molecule has 0 aliphatic carbocycles. The SMILES string of the molecule is C1=[N][In][CH2]C1.O. The van der Waals surface area contributed by atoms with Crippen molar-refractivity contribution >= 4 is 29.4 Å². The molecule has 2 nitrogen and oxygen atoms in total. The number of rotatable bonds is 0. The van der Waals surface area contributed by atoms with Crippen LogP contribution in [-0.2, 0) is 0 Å². The molecule has 1 aliphatic rings. The van der Waals surface area contributed by atoms with Crippen molar-refractivity contribution in [2.75, 3.05) is 0 Å². The largest absolute Gasteiger partial charge is 0.412 e. The van der Waals surface area contributed by atoms with Gasteiger partial charge in [0.1, 0.15) is 0 Å². The third kappa shape index (κ3) is 1.82. The monoisotopic (exact) mass is 188 g/mol. The van der Waals surface area contributed by atoms with Gasteiger partial charge in [-0.05, 0) is 0 Å². The molecule has 1 radical (unpaired) electrons. The molecular weight excluding hydrogens is 181 g/mol. The predicted molar refractivity (Wildman–Crippen MR) is 27.3 cm³/mol. The van der Waals surface area contributed by atoms with Crippen LogP contribution < -0.4 is 0 Å². The third-order valence-electron chi connectivity index (χ3n) is 0.636. The van der Waals surface area contributed by atoms with E-state index in [9.17, 15) is 0 Å². The summed E-state index contributed by atoms with van der Waals surface area (Å²) in [5, 5.41) is 0. The molecule has 2 N–H and O–H groups in total. The van der Waals surface area contributed by atoms with Crippen molar-refractivity contribution in [1.29, 1.82) is 0 Å². The Morgan fingerprint density at radius 2 is 2.50 bits per heavy atom. The van der Waals surface area contributed by atoms with E-state index in [0.717, 1.165) is 0 Å². The van der Waals surface area contributed by atoms with Gasteiger partial charge in [0.15, 0.2) is 0 Å². The van der Waals surface area contributed by atoms with E-state index in [1.807, 2.05) is 0 Å². The minimum Gasteiger partial charge on any atom is -0.412 e. The molecule has 0 bridgehead atoms. The molecule has 0 unspecified atom stereocenters. The molecule has 3 heteroatoms. The van der Waals surface area contributed by atoms with Gasteiger partial charge in [0.25, 0.3) is 0 Å². The van der Waals surface area contributed by atoms with Crippen LogP contribution >= 0.6 is 0 Å². The Morgan fingerprint density at radius 1 is 1.67 bits per heavy atom. The zero-order valence-corrected chi connectivity index (χ0v) is 6.81. The average molecular weight is 188 g/mol. The molecule has 0 aromatic rings. The first kappa shape index (κ1) is 6.50. The molecule has 0 spiro atoms. The molecule has 0 saturated carbocycles. The van der Waals surface area contributed by atoms with E-state index < -0.39 is 0 Å². The van der Waals surface area contributed by atoms with Crippen molar-refractivity contribution in [1.82, 2.24) is 0 Å². The smallest absolute Gasteiger partial charge is 0.412 e. The Morgan fingerprint density at radius 3 is 2.67 bits per heavy atom. The Hall–Kier alpha value is 0.500. The maximum Gasteiger partial charge on any atom is -0.412 e. The molecule has 0 atom stereocenters. The second kappa shape index (κ2) is 3.68. The van der Waals surface area contributed by atoms with Gasteiger partial charge < -0.3 is 5.48 Å². The Labute approximate surface area is 48.7 Å². The van der Waals surface area contributed by atoms with Gasteiger partial charge in [-0.25, -0.2) is 0 Å². The summed E-state index contributed by atoms with van der Waals surface area (Å²) in [4.78, 5) is 0. The van der Waals surface area contributed by atoms with E-state index in [1.165, 1.54) is 10.6 Å². The van der Waals surface area contributed by atoms with Crippen molar-refractivity contribution in [3.05, 3.63) is 0 Å². The number of hydrogen-bond acceptors (Lipinski definition) is 1. The molecule has 0 amide bonds. The normalized spacial score (nSPS) is 16.0. The van der Waals surface area contributed by atoms with Gasteiger partial charge in [-0.15, -0.1) is 0 Å². The maximum atomic E-state index is 4.15. The van der Waals surface area contributed by atoms with E-state index in [2.05, 4.69) is 9.19 Å². The van der Waals surface area contributed by atoms with Crippen molar-refractivity contribution in [3.8, 4) is 0 Å². The molecule has 1 heterocycles. The second-order valence-electron chi connectivity index (χ2n) is 1.09. The summed E-state index contributed by atoms with van der Waals surface area (Å²) in [7, 11) is 0. The van der Waals surface area contributed by atoms with Crippen LogP contribution in [0.5, 0.6) is 0 Å². The number of nitrogens with zero attached hydrogens (tertiary/aromatic N) is 1. The molecule has 1 aliphatic heterocycles. The first-order valence-electron chi connectivity index (χ1n) is 1.83. The van der Waals surface area contributed by atoms with Gasteiger partial charge >= 0.3 is 43.0 Å². The molecule has 0 fully saturated rings. The van der Waals surface area contributed by atoms with Gasteiger partial charge in [0.05, 0.1) is 0 Å². The first-order chi connectivity index (χ1) is 2.50. The molecule has 1 rings (SSSR count). The fourth-order valence-electron chi connectivity index (χ4n) is 0.373. The zero-order valence-electron chi connectivity index (χ0n) is 3.52. The quantitative estimate of drug-likeness (QED) is 0.499. The van der Waals surface area contributed by atoms with Gasteiger partial charge in [0, 0.05) is 0 Å². The summed E-state index contributed by atoms with van der Waals surface area (Å²) in [5.74, 6) is 0. The minimum absolute atomic E-state index is 0. The van der Waals surface area contributed by atoms with Gasteiger partial charge in [-0.3, -0.25) is 0 Å². The van der Waals surface area contributed by atoms with Gasteiger partial charge in [-0.2, -0.15) is 0 Å². The fraction of sp³-hybridized carbons (Fsp3) is 0.667. The van der Waals surface area contributed by atoms with Crippen LogP contribution in [0.3, 0.4) is 0 Å². The maximum absolute atomic E-state index is 4.15. The van der Waals surface area contributed by atoms with E-state index in [4.69, 9.17) is 0 Å². The third-order valence-corrected chi connectivity index (χ3v) is 3.53. The average Bonchev–Trinajstić information content (AvgIpc) is 1.76. The van der Waals surface area contributed by atoms with Crippen LogP contribution in [0.25, 0.3) is 0 Å². The Kier molecular flexibility index (Phi) is 3.99. The standard InChI is InChI=1S/C3H5N.In.H2O/c1-2-3-4;;/h3H,1-2H2;;1H2/q-1;+1;. The van der Waals surface area contributed by atoms with Crippen molar-refractivity contribution in [3.63, 3.8) is 0 Å². The van der Waals surface area contributed by atoms with E-state index in [-0.39, 0.29) is 28.7 Å². The first-order valence-corrected chi connectivity index (χ1v) is 5.64. The molecule has 6 heavy (non-hydrogen) atoms. The molecular formula is C3H7InNO. The summed E-state index contributed by atoms with van der Waals surface area (Å²) in [5.41, 5.74) is 0. The van der Waals surface area contributed by atoms with Crippen LogP contribution in [-0.4, -0.2) is 34.9 Å². The van der Waals surface area contributed by atoms with Crippen molar-refractivity contribution in [2.24, 2.45) is 2.98 Å². The minimum atomic E-state index is -0.239. The van der Waals surface area contributed by atoms with Crippen LogP contribution in [0.1, 0.15) is 6.42 Å². The van der Waals surface area contributed by atoms with Crippen LogP contribution in [0.2, 0.25) is 4.18 Å². The molecule has 0 aromatic carbocycles. The Balaban J connectivity index is 0.000000250. The molecule has 0 saturated heterocycles. The van der Waals surface area contributed by atoms with E-state index >= 15 is 0 Å². The summed E-state index contributed by atoms with van der Waals surface area (Å²) in [6.07, 6.45) is 3.36. The fourth-order valence-corrected chi connectivity index (χ4v) is 2.50. The van der Waals surface area contributed by atoms with E-state index in [1.54, 1.807) is 0 Å². The van der Waals surface area contributed by atoms with Crippen LogP contribution in [0.4, 0.5) is 0 Å². The van der Waals surface area contributed by atoms with Gasteiger partial charge in [-0.1, -0.05) is 0 Å². The van der Waals surface area contributed by atoms with Crippen LogP contribution in [0.15, 0.2) is 2.98 Å². The second-order valence-corrected chi connectivity index (χ2v) is 4.63. The van der Waals surface area contributed by atoms with Crippen LogP contribution in [0, 0.1) is 0 Å². The van der Waals surface area contributed by atoms with Crippen molar-refractivity contribution in [2.45, 2.75) is 10.6 Å². The van der Waals surface area contributed by atoms with Crippen molar-refractivity contribution < 1.29 is 5.48 Å². The molecule has 33 valence electrons. The summed E-state index contributed by atoms with van der Waals surface area (Å²) in [6, 6.07) is 0.